The fourth-order valence-electron chi connectivity index (χ4n) is 2.28. The molecule has 0 amide bonds. The lowest BCUT2D eigenvalue weighted by molar-refractivity contribution is 0.391. The topological polar surface area (TPSA) is 51.4 Å². The van der Waals surface area contributed by atoms with Crippen LogP contribution in [0.25, 0.3) is 0 Å². The van der Waals surface area contributed by atoms with Crippen LogP contribution in [0.1, 0.15) is 23.5 Å². The molecule has 1 fully saturated rings. The van der Waals surface area contributed by atoms with Gasteiger partial charge in [-0.05, 0) is 37.6 Å². The summed E-state index contributed by atoms with van der Waals surface area (Å²) in [4.78, 5) is 6.66. The van der Waals surface area contributed by atoms with Crippen molar-refractivity contribution in [2.75, 3.05) is 27.2 Å². The molecule has 1 saturated heterocycles. The maximum atomic E-state index is 5.69. The maximum absolute atomic E-state index is 5.69. The molecule has 0 radical (unpaired) electrons. The van der Waals surface area contributed by atoms with E-state index in [0.29, 0.717) is 18.3 Å². The Bertz CT molecular complexity index is 367. The molecule has 1 unspecified atom stereocenters. The molecule has 0 aromatic carbocycles. The summed E-state index contributed by atoms with van der Waals surface area (Å²) in [7, 11) is 3.78. The highest BCUT2D eigenvalue weighted by molar-refractivity contribution is 5.32. The van der Waals surface area contributed by atoms with Crippen molar-refractivity contribution >= 4 is 0 Å². The van der Waals surface area contributed by atoms with Crippen molar-refractivity contribution in [3.05, 3.63) is 23.4 Å². The lowest BCUT2D eigenvalue weighted by Gasteiger charge is -2.13. The van der Waals surface area contributed by atoms with Gasteiger partial charge in [-0.25, -0.2) is 4.98 Å². The third-order valence-corrected chi connectivity index (χ3v) is 3.22. The molecule has 1 aliphatic rings. The molecular formula is C12H19N3O. The minimum absolute atomic E-state index is 0.479. The first-order valence-electron chi connectivity index (χ1n) is 5.66. The first-order valence-corrected chi connectivity index (χ1v) is 5.66. The Morgan fingerprint density at radius 1 is 1.62 bits per heavy atom. The Kier molecular flexibility index (Phi) is 3.41. The lowest BCUT2D eigenvalue weighted by atomic mass is 9.99. The molecule has 2 N–H and O–H groups in total. The van der Waals surface area contributed by atoms with E-state index in [4.69, 9.17) is 10.5 Å². The first-order chi connectivity index (χ1) is 7.74. The van der Waals surface area contributed by atoms with Crippen LogP contribution < -0.4 is 10.5 Å². The van der Waals surface area contributed by atoms with Gasteiger partial charge < -0.3 is 15.4 Å². The van der Waals surface area contributed by atoms with Crippen LogP contribution in [0.5, 0.6) is 5.88 Å². The summed E-state index contributed by atoms with van der Waals surface area (Å²) in [5, 5.41) is 0. The summed E-state index contributed by atoms with van der Waals surface area (Å²) in [6.45, 7) is 2.75. The zero-order valence-electron chi connectivity index (χ0n) is 9.94. The fourth-order valence-corrected chi connectivity index (χ4v) is 2.28. The fraction of sp³-hybridized carbons (Fsp3) is 0.583. The van der Waals surface area contributed by atoms with Crippen molar-refractivity contribution in [3.8, 4) is 5.88 Å². The second kappa shape index (κ2) is 4.80. The summed E-state index contributed by atoms with van der Waals surface area (Å²) in [5.74, 6) is 1.24. The lowest BCUT2D eigenvalue weighted by Crippen LogP contribution is -2.13. The van der Waals surface area contributed by atoms with E-state index in [1.165, 1.54) is 12.0 Å². The van der Waals surface area contributed by atoms with Crippen LogP contribution >= 0.6 is 0 Å². The Labute approximate surface area is 96.4 Å². The van der Waals surface area contributed by atoms with Crippen LogP contribution in [0.4, 0.5) is 0 Å². The smallest absolute Gasteiger partial charge is 0.217 e. The number of hydrogen-bond donors (Lipinski definition) is 1. The van der Waals surface area contributed by atoms with E-state index in [1.54, 1.807) is 7.11 Å². The van der Waals surface area contributed by atoms with Crippen LogP contribution in [-0.4, -0.2) is 37.1 Å². The molecular weight excluding hydrogens is 202 g/mol. The number of rotatable bonds is 3. The number of nitrogens with two attached hydrogens (primary N) is 1. The van der Waals surface area contributed by atoms with Crippen molar-refractivity contribution in [1.29, 1.82) is 0 Å². The van der Waals surface area contributed by atoms with Crippen molar-refractivity contribution < 1.29 is 4.74 Å². The third kappa shape index (κ3) is 2.18. The largest absolute Gasteiger partial charge is 0.481 e. The minimum atomic E-state index is 0.479. The van der Waals surface area contributed by atoms with Crippen LogP contribution in [0.2, 0.25) is 0 Å². The van der Waals surface area contributed by atoms with E-state index in [9.17, 15) is 0 Å². The van der Waals surface area contributed by atoms with E-state index in [0.717, 1.165) is 18.7 Å². The normalized spacial score (nSPS) is 21.3. The number of ether oxygens (including phenoxy) is 1. The van der Waals surface area contributed by atoms with Gasteiger partial charge in [-0.1, -0.05) is 0 Å². The average molecular weight is 221 g/mol. The summed E-state index contributed by atoms with van der Waals surface area (Å²) in [6, 6.07) is 2.13. The number of pyridine rings is 1. The van der Waals surface area contributed by atoms with Gasteiger partial charge in [-0.15, -0.1) is 0 Å². The highest BCUT2D eigenvalue weighted by Crippen LogP contribution is 2.28. The molecule has 1 aliphatic heterocycles. The molecule has 4 nitrogen and oxygen atoms in total. The van der Waals surface area contributed by atoms with E-state index in [1.807, 2.05) is 6.20 Å². The first kappa shape index (κ1) is 11.4. The second-order valence-corrected chi connectivity index (χ2v) is 4.39. The Balaban J connectivity index is 2.22. The van der Waals surface area contributed by atoms with Crippen molar-refractivity contribution in [2.45, 2.75) is 18.9 Å². The number of methoxy groups -OCH3 is 1. The van der Waals surface area contributed by atoms with Gasteiger partial charge in [-0.2, -0.15) is 0 Å². The average Bonchev–Trinajstić information content (AvgIpc) is 2.75. The van der Waals surface area contributed by atoms with Crippen molar-refractivity contribution in [1.82, 2.24) is 9.88 Å². The molecule has 0 spiro atoms. The van der Waals surface area contributed by atoms with Gasteiger partial charge in [0.15, 0.2) is 0 Å². The molecule has 2 heterocycles. The van der Waals surface area contributed by atoms with Crippen LogP contribution in [0.3, 0.4) is 0 Å². The van der Waals surface area contributed by atoms with E-state index < -0.39 is 0 Å². The van der Waals surface area contributed by atoms with Crippen LogP contribution in [0, 0.1) is 0 Å². The quantitative estimate of drug-likeness (QED) is 0.826. The van der Waals surface area contributed by atoms with Gasteiger partial charge in [0.2, 0.25) is 5.88 Å². The monoisotopic (exact) mass is 221 g/mol. The maximum Gasteiger partial charge on any atom is 0.217 e. The Morgan fingerprint density at radius 3 is 3.00 bits per heavy atom. The van der Waals surface area contributed by atoms with E-state index in [-0.39, 0.29) is 0 Å². The van der Waals surface area contributed by atoms with Gasteiger partial charge in [0.1, 0.15) is 0 Å². The summed E-state index contributed by atoms with van der Waals surface area (Å²) < 4.78 is 5.17. The molecule has 1 atom stereocenters. The second-order valence-electron chi connectivity index (χ2n) is 4.39. The zero-order chi connectivity index (χ0) is 11.5. The molecule has 0 saturated carbocycles. The van der Waals surface area contributed by atoms with Gasteiger partial charge in [0.05, 0.1) is 7.11 Å². The standard InChI is InChI=1S/C12H19N3O/c1-15-4-3-9(8-15)11-5-10(6-13)12(16-2)14-7-11/h5,7,9H,3-4,6,8,13H2,1-2H3. The van der Waals surface area contributed by atoms with Crippen molar-refractivity contribution in [2.24, 2.45) is 5.73 Å². The summed E-state index contributed by atoms with van der Waals surface area (Å²) >= 11 is 0. The van der Waals surface area contributed by atoms with Crippen molar-refractivity contribution in [3.63, 3.8) is 0 Å². The van der Waals surface area contributed by atoms with Gasteiger partial charge in [0.25, 0.3) is 0 Å². The highest BCUT2D eigenvalue weighted by Gasteiger charge is 2.22. The van der Waals surface area contributed by atoms with E-state index >= 15 is 0 Å². The SMILES string of the molecule is COc1ncc(C2CCN(C)C2)cc1CN. The molecule has 2 rings (SSSR count). The highest BCUT2D eigenvalue weighted by atomic mass is 16.5. The summed E-state index contributed by atoms with van der Waals surface area (Å²) in [6.07, 6.45) is 3.12. The number of likely N-dealkylation sites (N-methyl/N-ethyl adjacent to an activating group) is 1. The van der Waals surface area contributed by atoms with Crippen LogP contribution in [-0.2, 0) is 6.54 Å². The van der Waals surface area contributed by atoms with Gasteiger partial charge in [0, 0.05) is 24.8 Å². The number of nitrogens with zero attached hydrogens (tertiary/aromatic N) is 2. The minimum Gasteiger partial charge on any atom is -0.481 e. The Hall–Kier alpha value is -1.13. The predicted octanol–water partition coefficient (Wildman–Crippen LogP) is 0.968. The van der Waals surface area contributed by atoms with Gasteiger partial charge >= 0.3 is 0 Å². The molecule has 88 valence electrons. The third-order valence-electron chi connectivity index (χ3n) is 3.22. The summed E-state index contributed by atoms with van der Waals surface area (Å²) in [5.41, 5.74) is 7.97. The molecule has 0 bridgehead atoms. The number of aromatic nitrogens is 1. The molecule has 16 heavy (non-hydrogen) atoms. The number of likely N-dealkylation sites (tertiary alicyclic amines) is 1. The predicted molar refractivity (Wildman–Crippen MR) is 63.5 cm³/mol. The van der Waals surface area contributed by atoms with Gasteiger partial charge in [-0.3, -0.25) is 0 Å². The van der Waals surface area contributed by atoms with E-state index in [2.05, 4.69) is 23.0 Å². The molecule has 1 aromatic rings. The Morgan fingerprint density at radius 2 is 2.44 bits per heavy atom. The molecule has 1 aromatic heterocycles. The van der Waals surface area contributed by atoms with Crippen LogP contribution in [0.15, 0.2) is 12.3 Å². The molecule has 0 aliphatic carbocycles. The zero-order valence-corrected chi connectivity index (χ0v) is 9.94. The number of hydrogen-bond acceptors (Lipinski definition) is 4. The molecule has 4 heteroatoms.